The zero-order valence-electron chi connectivity index (χ0n) is 28.7. The van der Waals surface area contributed by atoms with Crippen molar-refractivity contribution in [3.63, 3.8) is 0 Å². The van der Waals surface area contributed by atoms with Gasteiger partial charge in [-0.2, -0.15) is 0 Å². The second-order valence-corrected chi connectivity index (χ2v) is 14.5. The number of ether oxygens (including phenoxy) is 4. The Kier molecular flexibility index (Phi) is 10.5. The van der Waals surface area contributed by atoms with Crippen LogP contribution in [0.15, 0.2) is 63.9 Å². The van der Waals surface area contributed by atoms with Gasteiger partial charge in [-0.3, -0.25) is 4.79 Å². The first-order valence-electron chi connectivity index (χ1n) is 16.8. The maximum Gasteiger partial charge on any atom is 0.316 e. The van der Waals surface area contributed by atoms with Gasteiger partial charge >= 0.3 is 5.97 Å². The molecule has 4 aliphatic heterocycles. The third kappa shape index (κ3) is 6.99. The number of hydrogen-bond acceptors (Lipinski definition) is 9. The van der Waals surface area contributed by atoms with Crippen LogP contribution >= 0.6 is 0 Å². The Balaban J connectivity index is 1.55. The van der Waals surface area contributed by atoms with E-state index in [0.717, 1.165) is 17.7 Å². The fourth-order valence-electron chi connectivity index (χ4n) is 7.94. The van der Waals surface area contributed by atoms with Crippen molar-refractivity contribution in [1.82, 2.24) is 0 Å². The fraction of sp³-hybridized carbons (Fsp3) is 0.676. The summed E-state index contributed by atoms with van der Waals surface area (Å²) in [5, 5.41) is 27.6. The van der Waals surface area contributed by atoms with Gasteiger partial charge in [-0.25, -0.2) is 0 Å². The van der Waals surface area contributed by atoms with E-state index in [-0.39, 0.29) is 30.7 Å². The maximum atomic E-state index is 14.2. The number of fused-ring (bicyclic) bond motifs is 2. The second-order valence-electron chi connectivity index (χ2n) is 14.5. The summed E-state index contributed by atoms with van der Waals surface area (Å²) >= 11 is 0. The van der Waals surface area contributed by atoms with Crippen molar-refractivity contribution in [2.24, 2.45) is 28.8 Å². The van der Waals surface area contributed by atoms with Gasteiger partial charge in [0.15, 0.2) is 5.79 Å². The molecule has 2 N–H and O–H groups in total. The first-order chi connectivity index (χ1) is 21.8. The van der Waals surface area contributed by atoms with Crippen LogP contribution in [-0.4, -0.2) is 77.5 Å². The summed E-state index contributed by atoms with van der Waals surface area (Å²) in [5.41, 5.74) is 2.54. The van der Waals surface area contributed by atoms with E-state index in [1.165, 1.54) is 5.57 Å². The Morgan fingerprint density at radius 3 is 2.67 bits per heavy atom. The highest BCUT2D eigenvalue weighted by molar-refractivity contribution is 5.88. The summed E-state index contributed by atoms with van der Waals surface area (Å²) in [6, 6.07) is 0. The van der Waals surface area contributed by atoms with Crippen molar-refractivity contribution in [3.8, 4) is 0 Å². The highest BCUT2D eigenvalue weighted by atomic mass is 16.7. The smallest absolute Gasteiger partial charge is 0.316 e. The SMILES string of the molecule is CON=C1C[C@]2(C[C@@H]3C[C@@H](C/C=C(\C)C[C@@H](C)/C=C/C=C4CO[C@@H]5[C@H](O)C(C)=C[C@@H](C(=O)O3)[C@]45O)O2)O[C@H](/C(C)=C/C(C)C)[C@H]1C. The molecular weight excluding hydrogens is 586 g/mol. The molecule has 4 heterocycles. The van der Waals surface area contributed by atoms with E-state index < -0.39 is 41.6 Å². The van der Waals surface area contributed by atoms with E-state index in [1.54, 1.807) is 20.1 Å². The summed E-state index contributed by atoms with van der Waals surface area (Å²) in [6.45, 7) is 14.6. The Labute approximate surface area is 274 Å². The van der Waals surface area contributed by atoms with Crippen molar-refractivity contribution in [1.29, 1.82) is 0 Å². The van der Waals surface area contributed by atoms with Gasteiger partial charge in [-0.15, -0.1) is 0 Å². The molecule has 254 valence electrons. The minimum Gasteiger partial charge on any atom is -0.462 e. The summed E-state index contributed by atoms with van der Waals surface area (Å²) in [6.07, 6.45) is 11.4. The molecule has 0 radical (unpaired) electrons. The highest BCUT2D eigenvalue weighted by Gasteiger charge is 2.60. The van der Waals surface area contributed by atoms with Crippen molar-refractivity contribution >= 4 is 11.7 Å². The van der Waals surface area contributed by atoms with E-state index >= 15 is 0 Å². The minimum absolute atomic E-state index is 0.0340. The molecule has 3 saturated heterocycles. The number of aliphatic hydroxyl groups excluding tert-OH is 1. The lowest BCUT2D eigenvalue weighted by atomic mass is 9.71. The number of allylic oxidation sites excluding steroid dienone is 5. The van der Waals surface area contributed by atoms with E-state index in [1.807, 2.05) is 12.2 Å². The van der Waals surface area contributed by atoms with Crippen LogP contribution in [-0.2, 0) is 28.6 Å². The number of esters is 1. The lowest BCUT2D eigenvalue weighted by molar-refractivity contribution is -0.313. The Morgan fingerprint density at radius 2 is 1.96 bits per heavy atom. The first-order valence-corrected chi connectivity index (χ1v) is 16.8. The molecule has 3 fully saturated rings. The average molecular weight is 640 g/mol. The van der Waals surface area contributed by atoms with Gasteiger partial charge in [0.1, 0.15) is 36.9 Å². The van der Waals surface area contributed by atoms with Crippen LogP contribution in [0.4, 0.5) is 0 Å². The molecule has 1 spiro atoms. The van der Waals surface area contributed by atoms with E-state index in [4.69, 9.17) is 23.8 Å². The third-order valence-electron chi connectivity index (χ3n) is 10.1. The normalized spacial score (nSPS) is 43.4. The van der Waals surface area contributed by atoms with Crippen LogP contribution in [0.3, 0.4) is 0 Å². The number of hydrogen-bond donors (Lipinski definition) is 2. The summed E-state index contributed by atoms with van der Waals surface area (Å²) in [5.74, 6) is -2.15. The molecule has 5 rings (SSSR count). The maximum absolute atomic E-state index is 14.2. The molecular formula is C37H53NO8. The monoisotopic (exact) mass is 639 g/mol. The van der Waals surface area contributed by atoms with Crippen molar-refractivity contribution in [3.05, 3.63) is 58.7 Å². The molecule has 0 amide bonds. The van der Waals surface area contributed by atoms with Crippen LogP contribution in [0, 0.1) is 23.7 Å². The van der Waals surface area contributed by atoms with Gasteiger partial charge in [-0.1, -0.05) is 74.9 Å². The summed E-state index contributed by atoms with van der Waals surface area (Å²) in [4.78, 5) is 19.4. The van der Waals surface area contributed by atoms with Crippen LogP contribution in [0.2, 0.25) is 0 Å². The molecule has 2 bridgehead atoms. The number of carbonyl (C=O) groups is 1. The van der Waals surface area contributed by atoms with Gasteiger partial charge in [0.25, 0.3) is 0 Å². The predicted molar refractivity (Wildman–Crippen MR) is 176 cm³/mol. The molecule has 0 aromatic carbocycles. The number of nitrogens with zero attached hydrogens (tertiary/aromatic N) is 1. The molecule has 1 aliphatic carbocycles. The fourth-order valence-corrected chi connectivity index (χ4v) is 7.94. The molecule has 9 heteroatoms. The Bertz CT molecular complexity index is 1340. The van der Waals surface area contributed by atoms with Gasteiger partial charge in [0.05, 0.1) is 24.5 Å². The number of aliphatic hydroxyl groups is 2. The van der Waals surface area contributed by atoms with E-state index in [0.29, 0.717) is 42.7 Å². The topological polar surface area (TPSA) is 116 Å². The van der Waals surface area contributed by atoms with Crippen molar-refractivity contribution < 1.29 is 38.8 Å². The van der Waals surface area contributed by atoms with Crippen molar-refractivity contribution in [2.75, 3.05) is 13.7 Å². The standard InChI is InChI=1S/C37H53NO8/c1-21(2)14-25(6)33-26(7)31(38-42-8)19-36(46-33)18-29-17-28(45-36)13-12-23(4)15-22(3)10-9-11-27-20-43-34-32(39)24(5)16-30(35(40)44-29)37(27,34)41/h9-12,14,16,21-22,26,28-30,32-34,39,41H,13,15,17-20H2,1-8H3/b10-9+,23-12+,25-14+,27-11?,38-31?/t22-,26-,28+,29-,30-,32+,33+,34+,36-,37+/m0/s1. The molecule has 5 aliphatic rings. The highest BCUT2D eigenvalue weighted by Crippen LogP contribution is 2.47. The number of oxime groups is 1. The second kappa shape index (κ2) is 13.9. The van der Waals surface area contributed by atoms with Gasteiger partial charge in [0.2, 0.25) is 0 Å². The molecule has 0 unspecified atom stereocenters. The molecule has 9 nitrogen and oxygen atoms in total. The number of carbonyl (C=O) groups excluding carboxylic acids is 1. The zero-order chi connectivity index (χ0) is 33.4. The summed E-state index contributed by atoms with van der Waals surface area (Å²) < 4.78 is 26.0. The Hall–Kier alpha value is -2.56. The molecule has 0 aromatic heterocycles. The predicted octanol–water partition coefficient (Wildman–Crippen LogP) is 5.73. The van der Waals surface area contributed by atoms with Crippen LogP contribution in [0.1, 0.15) is 80.6 Å². The lowest BCUT2D eigenvalue weighted by Gasteiger charge is -2.50. The van der Waals surface area contributed by atoms with Crippen molar-refractivity contribution in [2.45, 2.75) is 122 Å². The lowest BCUT2D eigenvalue weighted by Crippen LogP contribution is -2.59. The van der Waals surface area contributed by atoms with Crippen LogP contribution in [0.5, 0.6) is 0 Å². The summed E-state index contributed by atoms with van der Waals surface area (Å²) in [7, 11) is 1.55. The van der Waals surface area contributed by atoms with Gasteiger partial charge < -0.3 is 34.0 Å². The van der Waals surface area contributed by atoms with Gasteiger partial charge in [0, 0.05) is 25.2 Å². The minimum atomic E-state index is -1.74. The zero-order valence-corrected chi connectivity index (χ0v) is 28.7. The van der Waals surface area contributed by atoms with Crippen LogP contribution in [0.25, 0.3) is 0 Å². The molecule has 10 atom stereocenters. The molecule has 0 aromatic rings. The largest absolute Gasteiger partial charge is 0.462 e. The van der Waals surface area contributed by atoms with E-state index in [9.17, 15) is 15.0 Å². The molecule has 46 heavy (non-hydrogen) atoms. The quantitative estimate of drug-likeness (QED) is 0.229. The van der Waals surface area contributed by atoms with Gasteiger partial charge in [-0.05, 0) is 62.2 Å². The average Bonchev–Trinajstić information content (AvgIpc) is 3.31. The molecule has 0 saturated carbocycles. The first kappa shape index (κ1) is 34.8. The van der Waals surface area contributed by atoms with E-state index in [2.05, 4.69) is 64.9 Å². The number of rotatable bonds is 3. The third-order valence-corrected chi connectivity index (χ3v) is 10.1. The Morgan fingerprint density at radius 1 is 1.20 bits per heavy atom. The van der Waals surface area contributed by atoms with Crippen LogP contribution < -0.4 is 0 Å².